The van der Waals surface area contributed by atoms with Gasteiger partial charge in [-0.15, -0.1) is 0 Å². The molecule has 0 unspecified atom stereocenters. The van der Waals surface area contributed by atoms with Gasteiger partial charge in [-0.05, 0) is 49.2 Å². The fraction of sp³-hybridized carbons (Fsp3) is 0.263. The van der Waals surface area contributed by atoms with E-state index in [-0.39, 0.29) is 5.91 Å². The Kier molecular flexibility index (Phi) is 4.52. The number of carbonyl (C=O) groups excluding carboxylic acids is 1. The Labute approximate surface area is 159 Å². The molecule has 25 heavy (non-hydrogen) atoms. The first-order valence-electron chi connectivity index (χ1n) is 8.37. The van der Waals surface area contributed by atoms with Crippen molar-refractivity contribution in [3.05, 3.63) is 57.3 Å². The molecule has 1 amide bonds. The van der Waals surface area contributed by atoms with E-state index in [1.54, 1.807) is 12.1 Å². The van der Waals surface area contributed by atoms with E-state index in [4.69, 9.17) is 16.6 Å². The number of rotatable bonds is 2. The van der Waals surface area contributed by atoms with E-state index < -0.39 is 0 Å². The minimum absolute atomic E-state index is 0.230. The van der Waals surface area contributed by atoms with Crippen molar-refractivity contribution in [3.8, 4) is 0 Å². The van der Waals surface area contributed by atoms with Crippen molar-refractivity contribution >= 4 is 50.2 Å². The van der Waals surface area contributed by atoms with E-state index in [0.717, 1.165) is 40.0 Å². The van der Waals surface area contributed by atoms with Gasteiger partial charge >= 0.3 is 0 Å². The lowest BCUT2D eigenvalue weighted by molar-refractivity contribution is 0.102. The van der Waals surface area contributed by atoms with Crippen molar-refractivity contribution in [1.82, 2.24) is 9.55 Å². The molecule has 4 nitrogen and oxygen atoms in total. The molecule has 2 heterocycles. The summed E-state index contributed by atoms with van der Waals surface area (Å²) in [5, 5.41) is 3.34. The van der Waals surface area contributed by atoms with Gasteiger partial charge in [-0.1, -0.05) is 34.0 Å². The molecule has 0 aliphatic carbocycles. The minimum atomic E-state index is -0.230. The van der Waals surface area contributed by atoms with Crippen LogP contribution in [-0.4, -0.2) is 15.5 Å². The highest BCUT2D eigenvalue weighted by Gasteiger charge is 2.15. The highest BCUT2D eigenvalue weighted by molar-refractivity contribution is 9.10. The average molecular weight is 419 g/mol. The molecule has 1 aliphatic rings. The van der Waals surface area contributed by atoms with Gasteiger partial charge in [0.1, 0.15) is 5.82 Å². The summed E-state index contributed by atoms with van der Waals surface area (Å²) in [4.78, 5) is 17.3. The zero-order valence-electron chi connectivity index (χ0n) is 13.6. The molecule has 0 saturated heterocycles. The Morgan fingerprint density at radius 3 is 2.92 bits per heavy atom. The number of imidazole rings is 1. The van der Waals surface area contributed by atoms with Crippen LogP contribution in [0.25, 0.3) is 11.0 Å². The predicted octanol–water partition coefficient (Wildman–Crippen LogP) is 5.43. The normalized spacial score (nSPS) is 14.2. The van der Waals surface area contributed by atoms with Gasteiger partial charge in [0.25, 0.3) is 5.91 Å². The number of halogens is 2. The summed E-state index contributed by atoms with van der Waals surface area (Å²) < 4.78 is 3.12. The molecule has 0 saturated carbocycles. The summed E-state index contributed by atoms with van der Waals surface area (Å²) >= 11 is 9.51. The number of fused-ring (bicyclic) bond motifs is 3. The molecule has 2 aromatic carbocycles. The number of anilines is 1. The average Bonchev–Trinajstić information content (AvgIpc) is 2.77. The first-order chi connectivity index (χ1) is 12.1. The SMILES string of the molecule is O=C(Nc1ccc2c(c1)nc1n2CCCCC1)c1cc(Br)ccc1Cl. The number of nitrogens with zero attached hydrogens (tertiary/aromatic N) is 2. The molecule has 0 spiro atoms. The number of hydrogen-bond acceptors (Lipinski definition) is 2. The lowest BCUT2D eigenvalue weighted by atomic mass is 10.2. The van der Waals surface area contributed by atoms with Crippen LogP contribution in [0, 0.1) is 0 Å². The zero-order valence-corrected chi connectivity index (χ0v) is 15.9. The Morgan fingerprint density at radius 1 is 1.16 bits per heavy atom. The summed E-state index contributed by atoms with van der Waals surface area (Å²) in [6.45, 7) is 1.02. The monoisotopic (exact) mass is 417 g/mol. The molecule has 0 radical (unpaired) electrons. The Hall–Kier alpha value is -1.85. The van der Waals surface area contributed by atoms with E-state index in [2.05, 4.69) is 25.8 Å². The minimum Gasteiger partial charge on any atom is -0.328 e. The van der Waals surface area contributed by atoms with E-state index in [9.17, 15) is 4.79 Å². The van der Waals surface area contributed by atoms with Gasteiger partial charge < -0.3 is 9.88 Å². The quantitative estimate of drug-likeness (QED) is 0.603. The highest BCUT2D eigenvalue weighted by atomic mass is 79.9. The fourth-order valence-corrected chi connectivity index (χ4v) is 3.86. The van der Waals surface area contributed by atoms with Crippen LogP contribution in [0.2, 0.25) is 5.02 Å². The van der Waals surface area contributed by atoms with Gasteiger partial charge in [0.15, 0.2) is 0 Å². The molecule has 6 heteroatoms. The van der Waals surface area contributed by atoms with Crippen LogP contribution in [0.4, 0.5) is 5.69 Å². The Morgan fingerprint density at radius 2 is 2.04 bits per heavy atom. The number of carbonyl (C=O) groups is 1. The number of hydrogen-bond donors (Lipinski definition) is 1. The molecule has 1 aliphatic heterocycles. The smallest absolute Gasteiger partial charge is 0.257 e. The topological polar surface area (TPSA) is 46.9 Å². The first-order valence-corrected chi connectivity index (χ1v) is 9.54. The van der Waals surface area contributed by atoms with Crippen LogP contribution in [-0.2, 0) is 13.0 Å². The maximum atomic E-state index is 12.5. The lowest BCUT2D eigenvalue weighted by Gasteiger charge is -2.08. The molecule has 0 atom stereocenters. The molecule has 1 N–H and O–H groups in total. The number of aromatic nitrogens is 2. The second kappa shape index (κ2) is 6.81. The first kappa shape index (κ1) is 16.6. The molecule has 4 rings (SSSR count). The molecular formula is C19H17BrClN3O. The summed E-state index contributed by atoms with van der Waals surface area (Å²) in [5.41, 5.74) is 3.23. The predicted molar refractivity (Wildman–Crippen MR) is 104 cm³/mol. The lowest BCUT2D eigenvalue weighted by Crippen LogP contribution is -2.12. The van der Waals surface area contributed by atoms with Gasteiger partial charge in [0, 0.05) is 23.1 Å². The maximum absolute atomic E-state index is 12.5. The van der Waals surface area contributed by atoms with Crippen molar-refractivity contribution < 1.29 is 4.79 Å². The van der Waals surface area contributed by atoms with Crippen molar-refractivity contribution in [2.75, 3.05) is 5.32 Å². The van der Waals surface area contributed by atoms with Crippen LogP contribution >= 0.6 is 27.5 Å². The van der Waals surface area contributed by atoms with Crippen molar-refractivity contribution in [2.24, 2.45) is 0 Å². The summed E-state index contributed by atoms with van der Waals surface area (Å²) in [6.07, 6.45) is 4.66. The Bertz CT molecular complexity index is 967. The summed E-state index contributed by atoms with van der Waals surface area (Å²) in [5.74, 6) is 0.914. The molecule has 0 bridgehead atoms. The molecule has 1 aromatic heterocycles. The van der Waals surface area contributed by atoms with Gasteiger partial charge in [0.05, 0.1) is 21.6 Å². The highest BCUT2D eigenvalue weighted by Crippen LogP contribution is 2.26. The standard InChI is InChI=1S/C19H17BrClN3O/c20-12-5-7-15(21)14(10-12)19(25)22-13-6-8-17-16(11-13)23-18-4-2-1-3-9-24(17)18/h5-8,10-11H,1-4,9H2,(H,22,25). The second-order valence-corrected chi connectivity index (χ2v) is 7.59. The maximum Gasteiger partial charge on any atom is 0.257 e. The van der Waals surface area contributed by atoms with Gasteiger partial charge in [-0.25, -0.2) is 4.98 Å². The van der Waals surface area contributed by atoms with Gasteiger partial charge in [-0.2, -0.15) is 0 Å². The van der Waals surface area contributed by atoms with Crippen LogP contribution in [0.15, 0.2) is 40.9 Å². The van der Waals surface area contributed by atoms with Crippen LogP contribution in [0.5, 0.6) is 0 Å². The second-order valence-electron chi connectivity index (χ2n) is 6.27. The summed E-state index contributed by atoms with van der Waals surface area (Å²) in [7, 11) is 0. The largest absolute Gasteiger partial charge is 0.328 e. The number of amides is 1. The van der Waals surface area contributed by atoms with Gasteiger partial charge in [-0.3, -0.25) is 4.79 Å². The third-order valence-corrected chi connectivity index (χ3v) is 5.36. The zero-order chi connectivity index (χ0) is 17.4. The van der Waals surface area contributed by atoms with E-state index in [1.807, 2.05) is 24.3 Å². The van der Waals surface area contributed by atoms with Crippen LogP contribution in [0.1, 0.15) is 35.4 Å². The fourth-order valence-electron chi connectivity index (χ4n) is 3.30. The van der Waals surface area contributed by atoms with Crippen LogP contribution in [0.3, 0.4) is 0 Å². The number of aryl methyl sites for hydroxylation is 2. The van der Waals surface area contributed by atoms with E-state index >= 15 is 0 Å². The molecule has 0 fully saturated rings. The molecule has 128 valence electrons. The summed E-state index contributed by atoms with van der Waals surface area (Å²) in [6, 6.07) is 11.1. The number of nitrogens with one attached hydrogen (secondary N) is 1. The van der Waals surface area contributed by atoms with Crippen molar-refractivity contribution in [1.29, 1.82) is 0 Å². The van der Waals surface area contributed by atoms with Crippen molar-refractivity contribution in [2.45, 2.75) is 32.2 Å². The molecule has 3 aromatic rings. The van der Waals surface area contributed by atoms with Crippen LogP contribution < -0.4 is 5.32 Å². The number of benzene rings is 2. The van der Waals surface area contributed by atoms with E-state index in [0.29, 0.717) is 10.6 Å². The van der Waals surface area contributed by atoms with Gasteiger partial charge in [0.2, 0.25) is 0 Å². The molecular weight excluding hydrogens is 402 g/mol. The van der Waals surface area contributed by atoms with E-state index in [1.165, 1.54) is 19.3 Å². The van der Waals surface area contributed by atoms with Crippen molar-refractivity contribution in [3.63, 3.8) is 0 Å². The third kappa shape index (κ3) is 3.31. The third-order valence-electron chi connectivity index (χ3n) is 4.54. The Balaban J connectivity index is 1.64.